The number of hydrogen-bond donors (Lipinski definition) is 0. The van der Waals surface area contributed by atoms with Crippen LogP contribution in [0, 0.1) is 12.8 Å². The van der Waals surface area contributed by atoms with E-state index in [2.05, 4.69) is 14.5 Å². The quantitative estimate of drug-likeness (QED) is 0.838. The van der Waals surface area contributed by atoms with Crippen molar-refractivity contribution in [2.45, 2.75) is 31.7 Å². The molecule has 3 fully saturated rings. The first-order valence-corrected chi connectivity index (χ1v) is 7.07. The number of amides is 1. The number of aromatic nitrogens is 3. The summed E-state index contributed by atoms with van der Waals surface area (Å²) in [7, 11) is 3.59. The first kappa shape index (κ1) is 11.9. The lowest BCUT2D eigenvalue weighted by molar-refractivity contribution is -0.0870. The van der Waals surface area contributed by atoms with E-state index in [4.69, 9.17) is 0 Å². The summed E-state index contributed by atoms with van der Waals surface area (Å²) in [6, 6.07) is 1.94. The Morgan fingerprint density at radius 1 is 1.40 bits per heavy atom. The highest BCUT2D eigenvalue weighted by molar-refractivity contribution is 5.98. The highest BCUT2D eigenvalue weighted by atomic mass is 16.2. The Bertz CT molecular complexity index is 714. The van der Waals surface area contributed by atoms with Crippen molar-refractivity contribution >= 4 is 16.9 Å². The smallest absolute Gasteiger partial charge is 0.270 e. The number of carbonyl (C=O) groups excluding carboxylic acids is 1. The minimum Gasteiger partial charge on any atom is -0.343 e. The summed E-state index contributed by atoms with van der Waals surface area (Å²) in [4.78, 5) is 23.0. The monoisotopic (exact) mass is 270 g/mol. The van der Waals surface area contributed by atoms with Crippen LogP contribution in [0.1, 0.15) is 35.6 Å². The van der Waals surface area contributed by atoms with E-state index in [-0.39, 0.29) is 11.4 Å². The Kier molecular flexibility index (Phi) is 2.13. The molecule has 0 N–H and O–H groups in total. The molecule has 0 aliphatic heterocycles. The number of nitrogens with zero attached hydrogens (tertiary/aromatic N) is 4. The molecule has 0 saturated heterocycles. The van der Waals surface area contributed by atoms with Gasteiger partial charge < -0.3 is 9.47 Å². The molecule has 3 aliphatic rings. The molecule has 1 amide bonds. The molecular formula is C15H18N4O. The molecule has 5 rings (SSSR count). The van der Waals surface area contributed by atoms with E-state index in [0.717, 1.165) is 28.5 Å². The van der Waals surface area contributed by atoms with E-state index in [1.165, 1.54) is 19.3 Å². The summed E-state index contributed by atoms with van der Waals surface area (Å²) in [5, 5.41) is 0.963. The average Bonchev–Trinajstić information content (AvgIpc) is 2.63. The molecule has 2 bridgehead atoms. The summed E-state index contributed by atoms with van der Waals surface area (Å²) in [5.41, 5.74) is 1.82. The molecular weight excluding hydrogens is 252 g/mol. The van der Waals surface area contributed by atoms with Crippen LogP contribution in [0.3, 0.4) is 0 Å². The highest BCUT2D eigenvalue weighted by Crippen LogP contribution is 2.63. The molecule has 2 aromatic heterocycles. The topological polar surface area (TPSA) is 51.0 Å². The van der Waals surface area contributed by atoms with Gasteiger partial charge in [0.05, 0.1) is 0 Å². The van der Waals surface area contributed by atoms with Crippen LogP contribution in [0.25, 0.3) is 11.0 Å². The number of rotatable bonds is 2. The third-order valence-electron chi connectivity index (χ3n) is 4.77. The van der Waals surface area contributed by atoms with Crippen LogP contribution in [0.4, 0.5) is 0 Å². The summed E-state index contributed by atoms with van der Waals surface area (Å²) in [6.07, 6.45) is 5.39. The van der Waals surface area contributed by atoms with E-state index in [0.29, 0.717) is 0 Å². The molecule has 0 unspecified atom stereocenters. The second-order valence-electron chi connectivity index (χ2n) is 6.46. The minimum absolute atomic E-state index is 0.0466. The van der Waals surface area contributed by atoms with Gasteiger partial charge in [-0.25, -0.2) is 9.97 Å². The Hall–Kier alpha value is -1.91. The zero-order chi connectivity index (χ0) is 14.1. The predicted molar refractivity (Wildman–Crippen MR) is 75.6 cm³/mol. The molecule has 5 nitrogen and oxygen atoms in total. The van der Waals surface area contributed by atoms with Gasteiger partial charge in [-0.1, -0.05) is 0 Å². The second-order valence-corrected chi connectivity index (χ2v) is 6.46. The summed E-state index contributed by atoms with van der Waals surface area (Å²) in [6.45, 7) is 1.90. The van der Waals surface area contributed by atoms with Gasteiger partial charge >= 0.3 is 0 Å². The number of hydrogen-bond acceptors (Lipinski definition) is 3. The fourth-order valence-corrected chi connectivity index (χ4v) is 3.65. The fraction of sp³-hybridized carbons (Fsp3) is 0.533. The van der Waals surface area contributed by atoms with Gasteiger partial charge in [0.25, 0.3) is 5.91 Å². The lowest BCUT2D eigenvalue weighted by Crippen LogP contribution is -2.60. The molecule has 5 heteroatoms. The second kappa shape index (κ2) is 3.59. The molecule has 3 aliphatic carbocycles. The molecule has 3 saturated carbocycles. The van der Waals surface area contributed by atoms with Gasteiger partial charge in [0.1, 0.15) is 17.2 Å². The van der Waals surface area contributed by atoms with Crippen molar-refractivity contribution in [3.05, 3.63) is 23.8 Å². The maximum Gasteiger partial charge on any atom is 0.270 e. The normalized spacial score (nSPS) is 27.1. The molecule has 0 atom stereocenters. The van der Waals surface area contributed by atoms with Crippen LogP contribution >= 0.6 is 0 Å². The van der Waals surface area contributed by atoms with Crippen molar-refractivity contribution < 1.29 is 4.79 Å². The van der Waals surface area contributed by atoms with Crippen LogP contribution < -0.4 is 0 Å². The van der Waals surface area contributed by atoms with Crippen LogP contribution in [0.15, 0.2) is 12.3 Å². The van der Waals surface area contributed by atoms with Crippen LogP contribution in [-0.4, -0.2) is 39.4 Å². The van der Waals surface area contributed by atoms with Gasteiger partial charge in [-0.05, 0) is 38.2 Å². The van der Waals surface area contributed by atoms with Gasteiger partial charge in [-0.2, -0.15) is 0 Å². The van der Waals surface area contributed by atoms with Crippen molar-refractivity contribution in [3.63, 3.8) is 0 Å². The third-order valence-corrected chi connectivity index (χ3v) is 4.77. The Balaban J connectivity index is 1.98. The minimum atomic E-state index is 0.0466. The highest BCUT2D eigenvalue weighted by Gasteiger charge is 2.59. The molecule has 0 radical (unpaired) electrons. The van der Waals surface area contributed by atoms with E-state index < -0.39 is 0 Å². The fourth-order valence-electron chi connectivity index (χ4n) is 3.65. The Labute approximate surface area is 117 Å². The molecule has 104 valence electrons. The number of fused-ring (bicyclic) bond motifs is 1. The maximum atomic E-state index is 12.5. The van der Waals surface area contributed by atoms with Crippen molar-refractivity contribution in [1.82, 2.24) is 19.4 Å². The summed E-state index contributed by atoms with van der Waals surface area (Å²) in [5.74, 6) is 1.66. The van der Waals surface area contributed by atoms with Crippen molar-refractivity contribution in [2.75, 3.05) is 14.1 Å². The number of aryl methyl sites for hydroxylation is 1. The van der Waals surface area contributed by atoms with Gasteiger partial charge in [0, 0.05) is 31.2 Å². The SMILES string of the molecule is Cc1ncc2cc(C(=O)N(C)C)n(C34CC(C3)C4)c2n1. The summed E-state index contributed by atoms with van der Waals surface area (Å²) < 4.78 is 2.19. The number of carbonyl (C=O) groups is 1. The average molecular weight is 270 g/mol. The Morgan fingerprint density at radius 2 is 2.10 bits per heavy atom. The standard InChI is InChI=1S/C15H18N4O/c1-9-16-8-11-4-12(14(20)18(2)3)19(13(11)17-9)15-5-10(6-15)7-15/h4,8,10H,5-7H2,1-3H3. The van der Waals surface area contributed by atoms with Crippen LogP contribution in [0.5, 0.6) is 0 Å². The first-order chi connectivity index (χ1) is 9.50. The zero-order valence-electron chi connectivity index (χ0n) is 12.1. The predicted octanol–water partition coefficient (Wildman–Crippen LogP) is 1.95. The Morgan fingerprint density at radius 3 is 2.65 bits per heavy atom. The van der Waals surface area contributed by atoms with E-state index in [1.54, 1.807) is 19.0 Å². The summed E-state index contributed by atoms with van der Waals surface area (Å²) >= 11 is 0. The van der Waals surface area contributed by atoms with Gasteiger partial charge in [-0.15, -0.1) is 0 Å². The lowest BCUT2D eigenvalue weighted by Gasteiger charge is -2.62. The van der Waals surface area contributed by atoms with E-state index in [9.17, 15) is 4.79 Å². The third kappa shape index (κ3) is 1.35. The van der Waals surface area contributed by atoms with Crippen molar-refractivity contribution in [3.8, 4) is 0 Å². The van der Waals surface area contributed by atoms with Crippen LogP contribution in [0.2, 0.25) is 0 Å². The van der Waals surface area contributed by atoms with Gasteiger partial charge in [0.15, 0.2) is 0 Å². The van der Waals surface area contributed by atoms with E-state index in [1.807, 2.05) is 19.2 Å². The lowest BCUT2D eigenvalue weighted by atomic mass is 9.49. The molecule has 2 aromatic rings. The first-order valence-electron chi connectivity index (χ1n) is 7.07. The van der Waals surface area contributed by atoms with Gasteiger partial charge in [0.2, 0.25) is 0 Å². The van der Waals surface area contributed by atoms with E-state index >= 15 is 0 Å². The van der Waals surface area contributed by atoms with Crippen molar-refractivity contribution in [2.24, 2.45) is 5.92 Å². The largest absolute Gasteiger partial charge is 0.343 e. The van der Waals surface area contributed by atoms with Crippen molar-refractivity contribution in [1.29, 1.82) is 0 Å². The molecule has 20 heavy (non-hydrogen) atoms. The van der Waals surface area contributed by atoms with Gasteiger partial charge in [-0.3, -0.25) is 4.79 Å². The zero-order valence-corrected chi connectivity index (χ0v) is 12.1. The molecule has 2 heterocycles. The maximum absolute atomic E-state index is 12.5. The molecule has 0 spiro atoms. The molecule has 0 aromatic carbocycles. The van der Waals surface area contributed by atoms with Crippen LogP contribution in [-0.2, 0) is 5.54 Å².